The molecule has 1 aliphatic heterocycles. The van der Waals surface area contributed by atoms with Crippen molar-refractivity contribution in [1.82, 2.24) is 14.7 Å². The summed E-state index contributed by atoms with van der Waals surface area (Å²) in [5.41, 5.74) is 1.56. The van der Waals surface area contributed by atoms with Crippen molar-refractivity contribution in [2.45, 2.75) is 12.5 Å². The predicted octanol–water partition coefficient (Wildman–Crippen LogP) is 1.88. The van der Waals surface area contributed by atoms with Gasteiger partial charge in [0.05, 0.1) is 12.8 Å². The van der Waals surface area contributed by atoms with Crippen molar-refractivity contribution in [2.24, 2.45) is 7.05 Å². The number of nitrogens with zero attached hydrogens (tertiary/aromatic N) is 3. The normalized spacial score (nSPS) is 17.9. The monoisotopic (exact) mass is 331 g/mol. The third kappa shape index (κ3) is 3.21. The van der Waals surface area contributed by atoms with E-state index >= 15 is 0 Å². The SMILES string of the molecule is COc1ccc(-c2cc(C(=O)O)nn2C)cc1OC1CCN(C)C1. The van der Waals surface area contributed by atoms with Gasteiger partial charge in [0.2, 0.25) is 0 Å². The van der Waals surface area contributed by atoms with Crippen LogP contribution in [-0.4, -0.2) is 59.1 Å². The molecule has 1 atom stereocenters. The van der Waals surface area contributed by atoms with Crippen LogP contribution in [-0.2, 0) is 7.05 Å². The average Bonchev–Trinajstić information content (AvgIpc) is 3.13. The summed E-state index contributed by atoms with van der Waals surface area (Å²) in [7, 11) is 5.40. The Balaban J connectivity index is 1.92. The van der Waals surface area contributed by atoms with E-state index in [4.69, 9.17) is 14.6 Å². The molecule has 0 bridgehead atoms. The summed E-state index contributed by atoms with van der Waals surface area (Å²) in [5.74, 6) is 0.276. The van der Waals surface area contributed by atoms with Crippen LogP contribution in [0.3, 0.4) is 0 Å². The molecular formula is C17H21N3O4. The number of carbonyl (C=O) groups is 1. The molecule has 1 aromatic carbocycles. The Kier molecular flexibility index (Phi) is 4.44. The van der Waals surface area contributed by atoms with Crippen LogP contribution in [0.5, 0.6) is 11.5 Å². The maximum absolute atomic E-state index is 11.1. The van der Waals surface area contributed by atoms with Crippen molar-refractivity contribution in [2.75, 3.05) is 27.2 Å². The number of benzene rings is 1. The molecule has 0 saturated carbocycles. The van der Waals surface area contributed by atoms with Gasteiger partial charge in [-0.3, -0.25) is 4.68 Å². The van der Waals surface area contributed by atoms with Gasteiger partial charge in [-0.2, -0.15) is 5.10 Å². The number of hydrogen-bond donors (Lipinski definition) is 1. The number of carboxylic acids is 1. The number of ether oxygens (including phenoxy) is 2. The largest absolute Gasteiger partial charge is 0.493 e. The minimum absolute atomic E-state index is 0.0169. The number of methoxy groups -OCH3 is 1. The van der Waals surface area contributed by atoms with Crippen molar-refractivity contribution in [3.05, 3.63) is 30.0 Å². The molecule has 2 aromatic rings. The van der Waals surface area contributed by atoms with Gasteiger partial charge in [-0.1, -0.05) is 0 Å². The highest BCUT2D eigenvalue weighted by molar-refractivity contribution is 5.87. The molecular weight excluding hydrogens is 310 g/mol. The van der Waals surface area contributed by atoms with Crippen molar-refractivity contribution < 1.29 is 19.4 Å². The van der Waals surface area contributed by atoms with Crippen molar-refractivity contribution in [3.8, 4) is 22.8 Å². The van der Waals surface area contributed by atoms with Crippen LogP contribution < -0.4 is 9.47 Å². The lowest BCUT2D eigenvalue weighted by Crippen LogP contribution is -2.21. The average molecular weight is 331 g/mol. The van der Waals surface area contributed by atoms with Crippen LogP contribution in [0.2, 0.25) is 0 Å². The third-order valence-corrected chi connectivity index (χ3v) is 4.20. The Morgan fingerprint density at radius 3 is 2.67 bits per heavy atom. The molecule has 1 aromatic heterocycles. The highest BCUT2D eigenvalue weighted by Crippen LogP contribution is 2.34. The van der Waals surface area contributed by atoms with Crippen LogP contribution in [0.1, 0.15) is 16.9 Å². The van der Waals surface area contributed by atoms with E-state index in [0.29, 0.717) is 17.2 Å². The summed E-state index contributed by atoms with van der Waals surface area (Å²) in [5, 5.41) is 13.1. The van der Waals surface area contributed by atoms with Crippen LogP contribution in [0.25, 0.3) is 11.3 Å². The quantitative estimate of drug-likeness (QED) is 0.901. The molecule has 1 fully saturated rings. The minimum Gasteiger partial charge on any atom is -0.493 e. The molecule has 2 heterocycles. The van der Waals surface area contributed by atoms with E-state index < -0.39 is 5.97 Å². The van der Waals surface area contributed by atoms with E-state index in [9.17, 15) is 4.79 Å². The summed E-state index contributed by atoms with van der Waals surface area (Å²) in [4.78, 5) is 13.3. The molecule has 1 unspecified atom stereocenters. The van der Waals surface area contributed by atoms with E-state index in [1.807, 2.05) is 18.2 Å². The Morgan fingerprint density at radius 1 is 1.29 bits per heavy atom. The minimum atomic E-state index is -1.05. The fourth-order valence-corrected chi connectivity index (χ4v) is 2.94. The van der Waals surface area contributed by atoms with Crippen molar-refractivity contribution in [1.29, 1.82) is 0 Å². The highest BCUT2D eigenvalue weighted by atomic mass is 16.5. The van der Waals surface area contributed by atoms with E-state index in [1.54, 1.807) is 24.9 Å². The van der Waals surface area contributed by atoms with Gasteiger partial charge in [-0.05, 0) is 37.7 Å². The lowest BCUT2D eigenvalue weighted by Gasteiger charge is -2.17. The second-order valence-electron chi connectivity index (χ2n) is 6.00. The Labute approximate surface area is 140 Å². The van der Waals surface area contributed by atoms with Gasteiger partial charge in [-0.25, -0.2) is 4.79 Å². The lowest BCUT2D eigenvalue weighted by atomic mass is 10.1. The fourth-order valence-electron chi connectivity index (χ4n) is 2.94. The number of likely N-dealkylation sites (tertiary alicyclic amines) is 1. The number of aromatic carboxylic acids is 1. The van der Waals surface area contributed by atoms with Gasteiger partial charge < -0.3 is 19.5 Å². The highest BCUT2D eigenvalue weighted by Gasteiger charge is 2.23. The first-order valence-corrected chi connectivity index (χ1v) is 7.79. The molecule has 0 amide bonds. The summed E-state index contributed by atoms with van der Waals surface area (Å²) >= 11 is 0. The zero-order valence-electron chi connectivity index (χ0n) is 14.0. The Hall–Kier alpha value is -2.54. The standard InChI is InChI=1S/C17H21N3O4/c1-19-7-6-12(10-19)24-16-8-11(4-5-15(16)23-3)14-9-13(17(21)22)18-20(14)2/h4-5,8-9,12H,6-7,10H2,1-3H3,(H,21,22). The second-order valence-corrected chi connectivity index (χ2v) is 6.00. The Bertz CT molecular complexity index is 756. The molecule has 128 valence electrons. The molecule has 0 spiro atoms. The fraction of sp³-hybridized carbons (Fsp3) is 0.412. The maximum Gasteiger partial charge on any atom is 0.356 e. The van der Waals surface area contributed by atoms with Gasteiger partial charge in [0.15, 0.2) is 17.2 Å². The third-order valence-electron chi connectivity index (χ3n) is 4.20. The number of likely N-dealkylation sites (N-methyl/N-ethyl adjacent to an activating group) is 1. The van der Waals surface area contributed by atoms with Gasteiger partial charge >= 0.3 is 5.97 Å². The number of aromatic nitrogens is 2. The van der Waals surface area contributed by atoms with Crippen LogP contribution in [0, 0.1) is 0 Å². The summed E-state index contributed by atoms with van der Waals surface area (Å²) in [6.07, 6.45) is 1.10. The topological polar surface area (TPSA) is 76.8 Å². The molecule has 3 rings (SSSR count). The molecule has 1 aliphatic rings. The van der Waals surface area contributed by atoms with Crippen LogP contribution in [0.15, 0.2) is 24.3 Å². The van der Waals surface area contributed by atoms with E-state index in [0.717, 1.165) is 25.1 Å². The maximum atomic E-state index is 11.1. The predicted molar refractivity (Wildman–Crippen MR) is 88.7 cm³/mol. The number of carboxylic acid groups (broad SMARTS) is 1. The van der Waals surface area contributed by atoms with E-state index in [-0.39, 0.29) is 11.8 Å². The molecule has 0 radical (unpaired) electrons. The second kappa shape index (κ2) is 6.52. The lowest BCUT2D eigenvalue weighted by molar-refractivity contribution is 0.0689. The molecule has 24 heavy (non-hydrogen) atoms. The molecule has 7 nitrogen and oxygen atoms in total. The summed E-state index contributed by atoms with van der Waals surface area (Å²) < 4.78 is 13.1. The van der Waals surface area contributed by atoms with Gasteiger partial charge in [0, 0.05) is 25.7 Å². The zero-order valence-corrected chi connectivity index (χ0v) is 14.0. The first-order valence-electron chi connectivity index (χ1n) is 7.79. The summed E-state index contributed by atoms with van der Waals surface area (Å²) in [6, 6.07) is 7.13. The first-order chi connectivity index (χ1) is 11.5. The number of aryl methyl sites for hydroxylation is 1. The summed E-state index contributed by atoms with van der Waals surface area (Å²) in [6.45, 7) is 1.89. The first kappa shape index (κ1) is 16.3. The van der Waals surface area contributed by atoms with Gasteiger partial charge in [0.25, 0.3) is 0 Å². The van der Waals surface area contributed by atoms with E-state index in [2.05, 4.69) is 17.0 Å². The van der Waals surface area contributed by atoms with Crippen LogP contribution >= 0.6 is 0 Å². The van der Waals surface area contributed by atoms with Gasteiger partial charge in [0.1, 0.15) is 6.10 Å². The number of hydrogen-bond acceptors (Lipinski definition) is 5. The Morgan fingerprint density at radius 2 is 2.08 bits per heavy atom. The van der Waals surface area contributed by atoms with Crippen molar-refractivity contribution in [3.63, 3.8) is 0 Å². The molecule has 1 N–H and O–H groups in total. The van der Waals surface area contributed by atoms with Gasteiger partial charge in [-0.15, -0.1) is 0 Å². The van der Waals surface area contributed by atoms with Crippen LogP contribution in [0.4, 0.5) is 0 Å². The smallest absolute Gasteiger partial charge is 0.356 e. The van der Waals surface area contributed by atoms with E-state index in [1.165, 1.54) is 0 Å². The molecule has 1 saturated heterocycles. The molecule has 0 aliphatic carbocycles. The number of rotatable bonds is 5. The van der Waals surface area contributed by atoms with Crippen molar-refractivity contribution >= 4 is 5.97 Å². The molecule has 7 heteroatoms. The zero-order chi connectivity index (χ0) is 17.3.